The summed E-state index contributed by atoms with van der Waals surface area (Å²) < 4.78 is 7.25. The van der Waals surface area contributed by atoms with Crippen LogP contribution in [0.15, 0.2) is 24.3 Å². The molecule has 0 atom stereocenters. The molecule has 0 amide bonds. The third-order valence-electron chi connectivity index (χ3n) is 2.54. The van der Waals surface area contributed by atoms with Gasteiger partial charge in [0, 0.05) is 6.42 Å². The van der Waals surface area contributed by atoms with Crippen LogP contribution in [-0.4, -0.2) is 27.9 Å². The monoisotopic (exact) mass is 246 g/mol. The van der Waals surface area contributed by atoms with Crippen molar-refractivity contribution in [1.82, 2.24) is 14.8 Å². The lowest BCUT2D eigenvalue weighted by molar-refractivity contribution is 0.340. The maximum Gasteiger partial charge on any atom is 0.148 e. The van der Waals surface area contributed by atoms with Gasteiger partial charge in [-0.3, -0.25) is 0 Å². The summed E-state index contributed by atoms with van der Waals surface area (Å²) in [6, 6.07) is 7.81. The van der Waals surface area contributed by atoms with E-state index in [2.05, 4.69) is 10.1 Å². The van der Waals surface area contributed by atoms with Crippen LogP contribution in [0, 0.1) is 6.92 Å². The van der Waals surface area contributed by atoms with E-state index < -0.39 is 0 Å². The van der Waals surface area contributed by atoms with Crippen LogP contribution in [0.2, 0.25) is 0 Å². The van der Waals surface area contributed by atoms with Gasteiger partial charge in [-0.25, -0.2) is 9.67 Å². The SMILES string of the molecule is CCOc1ccc(-n2nc(C)nc2CCN)cc1. The normalized spacial score (nSPS) is 10.6. The summed E-state index contributed by atoms with van der Waals surface area (Å²) in [5.41, 5.74) is 6.55. The number of rotatable bonds is 5. The van der Waals surface area contributed by atoms with Crippen LogP contribution in [0.5, 0.6) is 5.75 Å². The van der Waals surface area contributed by atoms with E-state index in [0.29, 0.717) is 19.6 Å². The highest BCUT2D eigenvalue weighted by atomic mass is 16.5. The quantitative estimate of drug-likeness (QED) is 0.867. The fraction of sp³-hybridized carbons (Fsp3) is 0.385. The highest BCUT2D eigenvalue weighted by molar-refractivity contribution is 5.37. The third kappa shape index (κ3) is 2.68. The highest BCUT2D eigenvalue weighted by Gasteiger charge is 2.08. The van der Waals surface area contributed by atoms with Gasteiger partial charge in [-0.2, -0.15) is 5.10 Å². The molecule has 0 unspecified atom stereocenters. The summed E-state index contributed by atoms with van der Waals surface area (Å²) in [4.78, 5) is 4.38. The molecule has 1 heterocycles. The van der Waals surface area contributed by atoms with Crippen molar-refractivity contribution in [3.8, 4) is 11.4 Å². The van der Waals surface area contributed by atoms with Gasteiger partial charge < -0.3 is 10.5 Å². The Morgan fingerprint density at radius 1 is 1.28 bits per heavy atom. The van der Waals surface area contributed by atoms with Crippen LogP contribution in [0.1, 0.15) is 18.6 Å². The minimum atomic E-state index is 0.565. The zero-order valence-electron chi connectivity index (χ0n) is 10.8. The molecule has 0 fully saturated rings. The second-order valence-corrected chi connectivity index (χ2v) is 3.95. The van der Waals surface area contributed by atoms with Crippen molar-refractivity contribution in [1.29, 1.82) is 0 Å². The van der Waals surface area contributed by atoms with E-state index in [1.165, 1.54) is 0 Å². The minimum absolute atomic E-state index is 0.565. The molecule has 0 saturated carbocycles. The molecule has 2 aromatic rings. The number of ether oxygens (including phenoxy) is 1. The first-order valence-electron chi connectivity index (χ1n) is 6.10. The lowest BCUT2D eigenvalue weighted by atomic mass is 10.3. The smallest absolute Gasteiger partial charge is 0.148 e. The van der Waals surface area contributed by atoms with Crippen molar-refractivity contribution in [2.45, 2.75) is 20.3 Å². The van der Waals surface area contributed by atoms with E-state index in [4.69, 9.17) is 10.5 Å². The van der Waals surface area contributed by atoms with Gasteiger partial charge in [-0.1, -0.05) is 0 Å². The summed E-state index contributed by atoms with van der Waals surface area (Å²) in [5.74, 6) is 2.50. The van der Waals surface area contributed by atoms with Crippen molar-refractivity contribution >= 4 is 0 Å². The van der Waals surface area contributed by atoms with E-state index >= 15 is 0 Å². The molecule has 2 N–H and O–H groups in total. The van der Waals surface area contributed by atoms with Gasteiger partial charge >= 0.3 is 0 Å². The average Bonchev–Trinajstić information content (AvgIpc) is 2.72. The molecule has 5 heteroatoms. The Morgan fingerprint density at radius 3 is 2.61 bits per heavy atom. The molecule has 0 aliphatic heterocycles. The summed E-state index contributed by atoms with van der Waals surface area (Å²) in [6.45, 7) is 5.08. The van der Waals surface area contributed by atoms with E-state index in [1.807, 2.05) is 42.8 Å². The lowest BCUT2D eigenvalue weighted by Gasteiger charge is -2.07. The standard InChI is InChI=1S/C13H18N4O/c1-3-18-12-6-4-11(5-7-12)17-13(8-9-14)15-10(2)16-17/h4-7H,3,8-9,14H2,1-2H3. The average molecular weight is 246 g/mol. The molecule has 1 aromatic carbocycles. The van der Waals surface area contributed by atoms with Gasteiger partial charge in [0.15, 0.2) is 0 Å². The topological polar surface area (TPSA) is 66.0 Å². The number of benzene rings is 1. The molecule has 96 valence electrons. The predicted octanol–water partition coefficient (Wildman–Crippen LogP) is 1.48. The first-order chi connectivity index (χ1) is 8.74. The van der Waals surface area contributed by atoms with Gasteiger partial charge in [0.2, 0.25) is 0 Å². The molecule has 5 nitrogen and oxygen atoms in total. The minimum Gasteiger partial charge on any atom is -0.494 e. The summed E-state index contributed by atoms with van der Waals surface area (Å²) in [5, 5.41) is 4.38. The highest BCUT2D eigenvalue weighted by Crippen LogP contribution is 2.16. The number of aryl methyl sites for hydroxylation is 1. The second-order valence-electron chi connectivity index (χ2n) is 3.95. The molecule has 0 aliphatic carbocycles. The van der Waals surface area contributed by atoms with Crippen molar-refractivity contribution in [3.05, 3.63) is 35.9 Å². The number of nitrogens with zero attached hydrogens (tertiary/aromatic N) is 3. The number of nitrogens with two attached hydrogens (primary N) is 1. The predicted molar refractivity (Wildman–Crippen MR) is 70.0 cm³/mol. The Kier molecular flexibility index (Phi) is 3.94. The van der Waals surface area contributed by atoms with Crippen molar-refractivity contribution in [2.75, 3.05) is 13.2 Å². The van der Waals surface area contributed by atoms with Gasteiger partial charge in [-0.05, 0) is 44.7 Å². The molecular weight excluding hydrogens is 228 g/mol. The van der Waals surface area contributed by atoms with Gasteiger partial charge in [0.25, 0.3) is 0 Å². The van der Waals surface area contributed by atoms with Crippen LogP contribution >= 0.6 is 0 Å². The maximum absolute atomic E-state index is 5.58. The van der Waals surface area contributed by atoms with E-state index in [9.17, 15) is 0 Å². The lowest BCUT2D eigenvalue weighted by Crippen LogP contribution is -2.09. The van der Waals surface area contributed by atoms with Crippen LogP contribution in [0.3, 0.4) is 0 Å². The Labute approximate surface area is 107 Å². The van der Waals surface area contributed by atoms with Crippen molar-refractivity contribution in [2.24, 2.45) is 5.73 Å². The molecule has 0 saturated heterocycles. The van der Waals surface area contributed by atoms with Crippen molar-refractivity contribution < 1.29 is 4.74 Å². The van der Waals surface area contributed by atoms with E-state index in [-0.39, 0.29) is 0 Å². The summed E-state index contributed by atoms with van der Waals surface area (Å²) in [6.07, 6.45) is 0.716. The fourth-order valence-electron chi connectivity index (χ4n) is 1.81. The Balaban J connectivity index is 2.29. The number of hydrogen-bond acceptors (Lipinski definition) is 4. The maximum atomic E-state index is 5.58. The van der Waals surface area contributed by atoms with Crippen LogP contribution in [0.4, 0.5) is 0 Å². The summed E-state index contributed by atoms with van der Waals surface area (Å²) >= 11 is 0. The summed E-state index contributed by atoms with van der Waals surface area (Å²) in [7, 11) is 0. The van der Waals surface area contributed by atoms with Gasteiger partial charge in [0.05, 0.1) is 12.3 Å². The molecule has 0 bridgehead atoms. The molecule has 1 aromatic heterocycles. The zero-order chi connectivity index (χ0) is 13.0. The molecule has 18 heavy (non-hydrogen) atoms. The van der Waals surface area contributed by atoms with E-state index in [1.54, 1.807) is 0 Å². The molecule has 0 radical (unpaired) electrons. The zero-order valence-corrected chi connectivity index (χ0v) is 10.8. The fourth-order valence-corrected chi connectivity index (χ4v) is 1.81. The van der Waals surface area contributed by atoms with Gasteiger partial charge in [-0.15, -0.1) is 0 Å². The van der Waals surface area contributed by atoms with Crippen molar-refractivity contribution in [3.63, 3.8) is 0 Å². The van der Waals surface area contributed by atoms with Crippen LogP contribution in [-0.2, 0) is 6.42 Å². The first kappa shape index (κ1) is 12.6. The van der Waals surface area contributed by atoms with Gasteiger partial charge in [0.1, 0.15) is 17.4 Å². The van der Waals surface area contributed by atoms with E-state index in [0.717, 1.165) is 23.1 Å². The second kappa shape index (κ2) is 5.64. The third-order valence-corrected chi connectivity index (χ3v) is 2.54. The van der Waals surface area contributed by atoms with Crippen LogP contribution in [0.25, 0.3) is 5.69 Å². The number of aromatic nitrogens is 3. The molecule has 2 rings (SSSR count). The Hall–Kier alpha value is -1.88. The largest absolute Gasteiger partial charge is 0.494 e. The molecule has 0 aliphatic rings. The Morgan fingerprint density at radius 2 is 2.00 bits per heavy atom. The first-order valence-corrected chi connectivity index (χ1v) is 6.10. The van der Waals surface area contributed by atoms with Crippen LogP contribution < -0.4 is 10.5 Å². The Bertz CT molecular complexity index is 504. The molecular formula is C13H18N4O. The molecule has 0 spiro atoms. The number of hydrogen-bond donors (Lipinski definition) is 1.